The Morgan fingerprint density at radius 2 is 1.19 bits per heavy atom. The van der Waals surface area contributed by atoms with E-state index in [4.69, 9.17) is 0 Å². The minimum atomic E-state index is -0.294. The minimum absolute atomic E-state index is 0.0317. The van der Waals surface area contributed by atoms with Crippen molar-refractivity contribution in [3.63, 3.8) is 0 Å². The van der Waals surface area contributed by atoms with Gasteiger partial charge in [-0.2, -0.15) is 0 Å². The second-order valence-corrected chi connectivity index (χ2v) is 6.91. The Bertz CT molecular complexity index is 823. The lowest BCUT2D eigenvalue weighted by Gasteiger charge is -2.34. The van der Waals surface area contributed by atoms with Crippen LogP contribution in [0, 0.1) is 11.6 Å². The highest BCUT2D eigenvalue weighted by Gasteiger charge is 2.44. The fourth-order valence-corrected chi connectivity index (χ4v) is 3.96. The fourth-order valence-electron chi connectivity index (χ4n) is 3.96. The van der Waals surface area contributed by atoms with Crippen molar-refractivity contribution >= 4 is 17.9 Å². The molecule has 2 saturated heterocycles. The lowest BCUT2D eigenvalue weighted by atomic mass is 9.88. The average Bonchev–Trinajstić information content (AvgIpc) is 2.94. The molecular formula is C22H19F2NO. The molecule has 4 heteroatoms. The Labute approximate surface area is 151 Å². The first-order chi connectivity index (χ1) is 12.5. The number of benzene rings is 2. The summed E-state index contributed by atoms with van der Waals surface area (Å²) in [7, 11) is 2.03. The normalized spacial score (nSPS) is 26.0. The van der Waals surface area contributed by atoms with Crippen LogP contribution in [-0.4, -0.2) is 29.8 Å². The molecule has 0 N–H and O–H groups in total. The fraction of sp³-hybridized carbons (Fsp3) is 0.227. The first kappa shape index (κ1) is 16.9. The molecule has 2 nitrogen and oxygen atoms in total. The molecule has 0 radical (unpaired) electrons. The lowest BCUT2D eigenvalue weighted by molar-refractivity contribution is -0.114. The third-order valence-corrected chi connectivity index (χ3v) is 5.32. The first-order valence-electron chi connectivity index (χ1n) is 8.74. The summed E-state index contributed by atoms with van der Waals surface area (Å²) in [5, 5.41) is 0. The highest BCUT2D eigenvalue weighted by molar-refractivity contribution is 6.16. The maximum absolute atomic E-state index is 13.2. The number of hydrogen-bond acceptors (Lipinski definition) is 2. The monoisotopic (exact) mass is 351 g/mol. The number of carbonyl (C=O) groups is 1. The van der Waals surface area contributed by atoms with Gasteiger partial charge in [-0.05, 0) is 67.4 Å². The van der Waals surface area contributed by atoms with Crippen molar-refractivity contribution in [1.82, 2.24) is 4.90 Å². The minimum Gasteiger partial charge on any atom is -0.292 e. The summed E-state index contributed by atoms with van der Waals surface area (Å²) in [4.78, 5) is 15.4. The van der Waals surface area contributed by atoms with Gasteiger partial charge < -0.3 is 0 Å². The molecular weight excluding hydrogens is 332 g/mol. The van der Waals surface area contributed by atoms with E-state index in [0.29, 0.717) is 0 Å². The summed E-state index contributed by atoms with van der Waals surface area (Å²) in [6.07, 6.45) is 5.56. The third kappa shape index (κ3) is 3.01. The van der Waals surface area contributed by atoms with Crippen molar-refractivity contribution in [2.45, 2.75) is 24.9 Å². The number of fused-ring (bicyclic) bond motifs is 2. The van der Waals surface area contributed by atoms with Crippen molar-refractivity contribution in [2.75, 3.05) is 7.05 Å². The predicted octanol–water partition coefficient (Wildman–Crippen LogP) is 4.48. The number of Topliss-reactive ketones (excluding diaryl/α,β-unsaturated/α-hetero) is 1. The molecule has 0 saturated carbocycles. The number of rotatable bonds is 2. The second-order valence-electron chi connectivity index (χ2n) is 6.91. The van der Waals surface area contributed by atoms with Crippen molar-refractivity contribution in [2.24, 2.45) is 0 Å². The zero-order valence-corrected chi connectivity index (χ0v) is 14.5. The molecule has 4 rings (SSSR count). The first-order valence-corrected chi connectivity index (χ1v) is 8.74. The molecule has 0 aromatic heterocycles. The van der Waals surface area contributed by atoms with Crippen LogP contribution in [0.3, 0.4) is 0 Å². The Balaban J connectivity index is 1.75. The molecule has 26 heavy (non-hydrogen) atoms. The van der Waals surface area contributed by atoms with Crippen molar-refractivity contribution in [3.8, 4) is 0 Å². The van der Waals surface area contributed by atoms with E-state index in [2.05, 4.69) is 4.90 Å². The van der Waals surface area contributed by atoms with E-state index >= 15 is 0 Å². The molecule has 2 bridgehead atoms. The van der Waals surface area contributed by atoms with Crippen LogP contribution in [0.1, 0.15) is 24.0 Å². The van der Waals surface area contributed by atoms with Crippen molar-refractivity contribution < 1.29 is 13.6 Å². The van der Waals surface area contributed by atoms with E-state index in [1.165, 1.54) is 24.3 Å². The summed E-state index contributed by atoms with van der Waals surface area (Å²) in [5.74, 6) is -0.557. The Morgan fingerprint density at radius 3 is 1.58 bits per heavy atom. The number of carbonyl (C=O) groups excluding carboxylic acids is 1. The number of ketones is 1. The average molecular weight is 351 g/mol. The van der Waals surface area contributed by atoms with E-state index in [9.17, 15) is 13.6 Å². The van der Waals surface area contributed by atoms with E-state index in [1.807, 2.05) is 19.2 Å². The summed E-state index contributed by atoms with van der Waals surface area (Å²) in [6, 6.07) is 12.5. The standard InChI is InChI=1S/C22H19F2NO/c1-25-20-10-11-21(25)19(13-15-4-8-17(24)9-5-15)22(26)18(20)12-14-2-6-16(23)7-3-14/h2-9,12-13,20-21H,10-11H2,1H3/t20-,21+. The van der Waals surface area contributed by atoms with E-state index in [1.54, 1.807) is 24.3 Å². The molecule has 2 aliphatic rings. The SMILES string of the molecule is CN1[C@@H]2CC[C@H]1C(=Cc1ccc(F)cc1)C(=O)C2=Cc1ccc(F)cc1. The van der Waals surface area contributed by atoms with Crippen LogP contribution >= 0.6 is 0 Å². The van der Waals surface area contributed by atoms with Crippen LogP contribution in [0.4, 0.5) is 8.78 Å². The molecule has 2 aromatic rings. The van der Waals surface area contributed by atoms with E-state index in [0.717, 1.165) is 35.1 Å². The number of piperidine rings is 1. The zero-order valence-electron chi connectivity index (χ0n) is 14.5. The van der Waals surface area contributed by atoms with Gasteiger partial charge in [-0.1, -0.05) is 24.3 Å². The maximum atomic E-state index is 13.2. The van der Waals surface area contributed by atoms with Gasteiger partial charge in [0.15, 0.2) is 5.78 Å². The summed E-state index contributed by atoms with van der Waals surface area (Å²) in [5.41, 5.74) is 3.10. The molecule has 2 heterocycles. The van der Waals surface area contributed by atoms with Gasteiger partial charge in [0.25, 0.3) is 0 Å². The molecule has 0 amide bonds. The van der Waals surface area contributed by atoms with E-state index in [-0.39, 0.29) is 29.5 Å². The van der Waals surface area contributed by atoms with Gasteiger partial charge >= 0.3 is 0 Å². The summed E-state index contributed by atoms with van der Waals surface area (Å²) < 4.78 is 26.3. The molecule has 2 aromatic carbocycles. The van der Waals surface area contributed by atoms with Crippen LogP contribution in [0.5, 0.6) is 0 Å². The van der Waals surface area contributed by atoms with Gasteiger partial charge in [0, 0.05) is 23.2 Å². The molecule has 0 spiro atoms. The molecule has 0 unspecified atom stereocenters. The van der Waals surface area contributed by atoms with Gasteiger partial charge in [-0.3, -0.25) is 9.69 Å². The van der Waals surface area contributed by atoms with E-state index < -0.39 is 0 Å². The van der Waals surface area contributed by atoms with Crippen LogP contribution in [0.2, 0.25) is 0 Å². The number of nitrogens with zero attached hydrogens (tertiary/aromatic N) is 1. The quantitative estimate of drug-likeness (QED) is 0.744. The number of likely N-dealkylation sites (N-methyl/N-ethyl adjacent to an activating group) is 1. The van der Waals surface area contributed by atoms with Crippen LogP contribution in [0.15, 0.2) is 59.7 Å². The molecule has 132 valence electrons. The van der Waals surface area contributed by atoms with Gasteiger partial charge in [-0.15, -0.1) is 0 Å². The molecule has 2 aliphatic heterocycles. The smallest absolute Gasteiger partial charge is 0.188 e. The number of hydrogen-bond donors (Lipinski definition) is 0. The highest BCUT2D eigenvalue weighted by Crippen LogP contribution is 2.40. The lowest BCUT2D eigenvalue weighted by Crippen LogP contribution is -2.43. The van der Waals surface area contributed by atoms with Crippen LogP contribution < -0.4 is 0 Å². The Hall–Kier alpha value is -2.59. The zero-order chi connectivity index (χ0) is 18.3. The van der Waals surface area contributed by atoms with Crippen LogP contribution in [0.25, 0.3) is 12.2 Å². The van der Waals surface area contributed by atoms with Crippen LogP contribution in [-0.2, 0) is 4.79 Å². The molecule has 2 fully saturated rings. The van der Waals surface area contributed by atoms with Gasteiger partial charge in [-0.25, -0.2) is 8.78 Å². The number of halogens is 2. The molecule has 0 aliphatic carbocycles. The third-order valence-electron chi connectivity index (χ3n) is 5.32. The predicted molar refractivity (Wildman–Crippen MR) is 98.3 cm³/mol. The Kier molecular flexibility index (Phi) is 4.29. The van der Waals surface area contributed by atoms with Crippen molar-refractivity contribution in [3.05, 3.63) is 82.4 Å². The van der Waals surface area contributed by atoms with Gasteiger partial charge in [0.05, 0.1) is 0 Å². The largest absolute Gasteiger partial charge is 0.292 e. The Morgan fingerprint density at radius 1 is 0.808 bits per heavy atom. The highest BCUT2D eigenvalue weighted by atomic mass is 19.1. The maximum Gasteiger partial charge on any atom is 0.188 e. The molecule has 2 atom stereocenters. The summed E-state index contributed by atoms with van der Waals surface area (Å²) in [6.45, 7) is 0. The van der Waals surface area contributed by atoms with Crippen molar-refractivity contribution in [1.29, 1.82) is 0 Å². The summed E-state index contributed by atoms with van der Waals surface area (Å²) >= 11 is 0. The van der Waals surface area contributed by atoms with Gasteiger partial charge in [0.2, 0.25) is 0 Å². The second kappa shape index (κ2) is 6.61. The van der Waals surface area contributed by atoms with Gasteiger partial charge in [0.1, 0.15) is 11.6 Å². The topological polar surface area (TPSA) is 20.3 Å².